The summed E-state index contributed by atoms with van der Waals surface area (Å²) in [6.45, 7) is 7.13. The Labute approximate surface area is 173 Å². The van der Waals surface area contributed by atoms with Gasteiger partial charge in [0.1, 0.15) is 4.83 Å². The quantitative estimate of drug-likeness (QED) is 0.591. The Bertz CT molecular complexity index is 1040. The predicted molar refractivity (Wildman–Crippen MR) is 114 cm³/mol. The summed E-state index contributed by atoms with van der Waals surface area (Å²) in [6, 6.07) is 8.17. The van der Waals surface area contributed by atoms with E-state index in [2.05, 4.69) is 10.3 Å². The number of nitrogens with zero attached hydrogens (tertiary/aromatic N) is 2. The van der Waals surface area contributed by atoms with Gasteiger partial charge in [-0.15, -0.1) is 0 Å². The van der Waals surface area contributed by atoms with Gasteiger partial charge in [-0.05, 0) is 61.1 Å². The maximum absolute atomic E-state index is 12.7. The van der Waals surface area contributed by atoms with Crippen LogP contribution < -0.4 is 20.3 Å². The first kappa shape index (κ1) is 20.9. The molecular formula is C21H25N3O4S. The Balaban J connectivity index is 1.79. The highest BCUT2D eigenvalue weighted by molar-refractivity contribution is 7.14. The highest BCUT2D eigenvalue weighted by atomic mass is 32.1. The van der Waals surface area contributed by atoms with Crippen LogP contribution in [0.4, 0.5) is 4.79 Å². The number of fused-ring (bicyclic) bond motifs is 1. The van der Waals surface area contributed by atoms with E-state index < -0.39 is 6.03 Å². The second kappa shape index (κ2) is 9.56. The summed E-state index contributed by atoms with van der Waals surface area (Å²) < 4.78 is 12.7. The molecule has 0 bridgehead atoms. The number of hydrogen-bond acceptors (Lipinski definition) is 6. The number of aromatic nitrogens is 2. The summed E-state index contributed by atoms with van der Waals surface area (Å²) in [5.41, 5.74) is 0.499. The lowest BCUT2D eigenvalue weighted by atomic mass is 10.1. The van der Waals surface area contributed by atoms with Crippen LogP contribution >= 0.6 is 11.5 Å². The average molecular weight is 416 g/mol. The molecule has 0 saturated heterocycles. The SMILES string of the molecule is CCCOc1ccc(C(C)NC(=O)n2sc3ncccc3c2=O)cc1OCCC. The van der Waals surface area contributed by atoms with Crippen LogP contribution in [0.25, 0.3) is 10.2 Å². The molecule has 0 radical (unpaired) electrons. The Morgan fingerprint density at radius 3 is 2.59 bits per heavy atom. The molecule has 2 heterocycles. The molecule has 0 aliphatic carbocycles. The van der Waals surface area contributed by atoms with Crippen molar-refractivity contribution in [2.45, 2.75) is 39.7 Å². The van der Waals surface area contributed by atoms with Gasteiger partial charge in [0.15, 0.2) is 11.5 Å². The third kappa shape index (κ3) is 4.76. The molecule has 1 aromatic carbocycles. The molecule has 0 fully saturated rings. The van der Waals surface area contributed by atoms with Crippen LogP contribution in [0.3, 0.4) is 0 Å². The monoisotopic (exact) mass is 415 g/mol. The number of hydrogen-bond donors (Lipinski definition) is 1. The third-order valence-corrected chi connectivity index (χ3v) is 5.29. The maximum Gasteiger partial charge on any atom is 0.338 e. The van der Waals surface area contributed by atoms with E-state index in [1.165, 1.54) is 0 Å². The van der Waals surface area contributed by atoms with Crippen molar-refractivity contribution in [3.05, 3.63) is 52.4 Å². The number of rotatable bonds is 8. The van der Waals surface area contributed by atoms with Crippen molar-refractivity contribution in [2.24, 2.45) is 0 Å². The number of carbonyl (C=O) groups is 1. The van der Waals surface area contributed by atoms with Gasteiger partial charge < -0.3 is 14.8 Å². The summed E-state index contributed by atoms with van der Waals surface area (Å²) >= 11 is 1.03. The van der Waals surface area contributed by atoms with Crippen LogP contribution in [0.2, 0.25) is 0 Å². The van der Waals surface area contributed by atoms with Gasteiger partial charge in [0.2, 0.25) is 0 Å². The minimum atomic E-state index is -0.479. The van der Waals surface area contributed by atoms with Crippen molar-refractivity contribution < 1.29 is 14.3 Å². The van der Waals surface area contributed by atoms with Gasteiger partial charge in [-0.3, -0.25) is 4.79 Å². The largest absolute Gasteiger partial charge is 0.490 e. The Morgan fingerprint density at radius 1 is 1.17 bits per heavy atom. The number of ether oxygens (including phenoxy) is 2. The Hall–Kier alpha value is -2.87. The number of benzene rings is 1. The molecule has 1 atom stereocenters. The molecule has 1 amide bonds. The topological polar surface area (TPSA) is 82.5 Å². The van der Waals surface area contributed by atoms with Gasteiger partial charge >= 0.3 is 6.03 Å². The first-order chi connectivity index (χ1) is 14.0. The summed E-state index contributed by atoms with van der Waals surface area (Å²) in [7, 11) is 0. The first-order valence-electron chi connectivity index (χ1n) is 9.72. The number of carbonyl (C=O) groups excluding carboxylic acids is 1. The highest BCUT2D eigenvalue weighted by Gasteiger charge is 2.18. The van der Waals surface area contributed by atoms with Gasteiger partial charge in [0.05, 0.1) is 24.6 Å². The van der Waals surface area contributed by atoms with Crippen LogP contribution in [0.5, 0.6) is 11.5 Å². The van der Waals surface area contributed by atoms with E-state index in [-0.39, 0.29) is 11.6 Å². The minimum absolute atomic E-state index is 0.322. The van der Waals surface area contributed by atoms with Crippen LogP contribution in [0.1, 0.15) is 45.2 Å². The number of nitrogens with one attached hydrogen (secondary N) is 1. The van der Waals surface area contributed by atoms with Crippen LogP contribution in [0.15, 0.2) is 41.3 Å². The van der Waals surface area contributed by atoms with E-state index in [1.807, 2.05) is 39.0 Å². The summed E-state index contributed by atoms with van der Waals surface area (Å²) in [4.78, 5) is 29.8. The molecular weight excluding hydrogens is 390 g/mol. The first-order valence-corrected chi connectivity index (χ1v) is 10.5. The third-order valence-electron chi connectivity index (χ3n) is 4.28. The van der Waals surface area contributed by atoms with Crippen LogP contribution in [-0.4, -0.2) is 28.2 Å². The molecule has 3 rings (SSSR count). The second-order valence-corrected chi connectivity index (χ2v) is 7.56. The second-order valence-electron chi connectivity index (χ2n) is 6.62. The summed E-state index contributed by atoms with van der Waals surface area (Å²) in [5, 5.41) is 3.31. The summed E-state index contributed by atoms with van der Waals surface area (Å²) in [5.74, 6) is 1.34. The molecule has 29 heavy (non-hydrogen) atoms. The molecule has 154 valence electrons. The van der Waals surface area contributed by atoms with Gasteiger partial charge in [-0.2, -0.15) is 3.96 Å². The molecule has 8 heteroatoms. The van der Waals surface area contributed by atoms with Crippen LogP contribution in [0, 0.1) is 0 Å². The van der Waals surface area contributed by atoms with E-state index >= 15 is 0 Å². The normalized spacial score (nSPS) is 12.0. The molecule has 0 saturated carbocycles. The minimum Gasteiger partial charge on any atom is -0.490 e. The van der Waals surface area contributed by atoms with Crippen molar-refractivity contribution in [3.63, 3.8) is 0 Å². The van der Waals surface area contributed by atoms with Crippen molar-refractivity contribution in [3.8, 4) is 11.5 Å². The number of pyridine rings is 1. The van der Waals surface area contributed by atoms with Crippen molar-refractivity contribution in [2.75, 3.05) is 13.2 Å². The fraction of sp³-hybridized carbons (Fsp3) is 0.381. The Morgan fingerprint density at radius 2 is 1.90 bits per heavy atom. The van der Waals surface area contributed by atoms with Crippen molar-refractivity contribution in [1.29, 1.82) is 0 Å². The highest BCUT2D eigenvalue weighted by Crippen LogP contribution is 2.31. The molecule has 7 nitrogen and oxygen atoms in total. The lowest BCUT2D eigenvalue weighted by molar-refractivity contribution is 0.241. The molecule has 0 aliphatic rings. The molecule has 3 aromatic rings. The molecule has 0 spiro atoms. The molecule has 2 aromatic heterocycles. The fourth-order valence-electron chi connectivity index (χ4n) is 2.77. The molecule has 1 unspecified atom stereocenters. The molecule has 1 N–H and O–H groups in total. The fourth-order valence-corrected chi connectivity index (χ4v) is 3.63. The predicted octanol–water partition coefficient (Wildman–Crippen LogP) is 4.35. The standard InChI is InChI=1S/C21H25N3O4S/c1-4-11-27-17-9-8-15(13-18(17)28-12-5-2)14(3)23-21(26)24-20(25)16-7-6-10-22-19(16)29-24/h6-10,13-14H,4-5,11-12H2,1-3H3,(H,23,26). The lowest BCUT2D eigenvalue weighted by Crippen LogP contribution is -2.34. The lowest BCUT2D eigenvalue weighted by Gasteiger charge is -2.17. The van der Waals surface area contributed by atoms with E-state index in [1.54, 1.807) is 18.3 Å². The van der Waals surface area contributed by atoms with Crippen molar-refractivity contribution >= 4 is 27.8 Å². The Kier molecular flexibility index (Phi) is 6.87. The van der Waals surface area contributed by atoms with Crippen molar-refractivity contribution in [1.82, 2.24) is 14.3 Å². The van der Waals surface area contributed by atoms with Crippen LogP contribution in [-0.2, 0) is 0 Å². The van der Waals surface area contributed by atoms with E-state index in [0.29, 0.717) is 34.9 Å². The van der Waals surface area contributed by atoms with Gasteiger partial charge in [-0.25, -0.2) is 9.78 Å². The summed E-state index contributed by atoms with van der Waals surface area (Å²) in [6.07, 6.45) is 3.38. The maximum atomic E-state index is 12.7. The zero-order valence-electron chi connectivity index (χ0n) is 16.8. The number of amides is 1. The van der Waals surface area contributed by atoms with E-state index in [0.717, 1.165) is 33.9 Å². The smallest absolute Gasteiger partial charge is 0.338 e. The zero-order valence-corrected chi connectivity index (χ0v) is 17.6. The van der Waals surface area contributed by atoms with E-state index in [9.17, 15) is 9.59 Å². The van der Waals surface area contributed by atoms with E-state index in [4.69, 9.17) is 9.47 Å². The molecule has 0 aliphatic heterocycles. The van der Waals surface area contributed by atoms with Gasteiger partial charge in [0, 0.05) is 6.20 Å². The average Bonchev–Trinajstić information content (AvgIpc) is 3.07. The van der Waals surface area contributed by atoms with Gasteiger partial charge in [-0.1, -0.05) is 19.9 Å². The zero-order chi connectivity index (χ0) is 20.8. The van der Waals surface area contributed by atoms with Gasteiger partial charge in [0.25, 0.3) is 5.56 Å².